The monoisotopic (exact) mass is 366 g/mol. The van der Waals surface area contributed by atoms with Gasteiger partial charge in [0.25, 0.3) is 5.56 Å². The summed E-state index contributed by atoms with van der Waals surface area (Å²) in [6.45, 7) is 0. The van der Waals surface area contributed by atoms with Crippen LogP contribution in [-0.4, -0.2) is 25.5 Å². The van der Waals surface area contributed by atoms with E-state index in [1.165, 1.54) is 13.2 Å². The first-order valence-electron chi connectivity index (χ1n) is 8.08. The molecule has 0 aliphatic rings. The Morgan fingerprint density at radius 3 is 2.48 bits per heavy atom. The van der Waals surface area contributed by atoms with Gasteiger partial charge < -0.3 is 4.74 Å². The van der Waals surface area contributed by atoms with Gasteiger partial charge in [0.05, 0.1) is 12.6 Å². The fourth-order valence-corrected chi connectivity index (χ4v) is 3.47. The molecule has 2 N–H and O–H groups in total. The van der Waals surface area contributed by atoms with E-state index in [9.17, 15) is 18.0 Å². The minimum atomic E-state index is -4.16. The number of esters is 1. The zero-order chi connectivity index (χ0) is 18.4. The molecule has 25 heavy (non-hydrogen) atoms. The predicted octanol–water partition coefficient (Wildman–Crippen LogP) is 1.72. The van der Waals surface area contributed by atoms with E-state index in [-0.39, 0.29) is 11.5 Å². The molecular weight excluding hydrogens is 344 g/mol. The maximum absolute atomic E-state index is 11.9. The molecule has 0 aliphatic carbocycles. The van der Waals surface area contributed by atoms with Crippen molar-refractivity contribution in [3.8, 4) is 0 Å². The number of aryl methyl sites for hydroxylation is 1. The van der Waals surface area contributed by atoms with Gasteiger partial charge in [-0.1, -0.05) is 25.0 Å². The van der Waals surface area contributed by atoms with Crippen LogP contribution in [0.1, 0.15) is 37.7 Å². The molecule has 0 spiro atoms. The Bertz CT molecular complexity index is 918. The lowest BCUT2D eigenvalue weighted by Crippen LogP contribution is -2.32. The molecule has 0 atom stereocenters. The van der Waals surface area contributed by atoms with Crippen LogP contribution in [0.25, 0.3) is 10.9 Å². The number of fused-ring (bicyclic) bond motifs is 1. The highest BCUT2D eigenvalue weighted by molar-refractivity contribution is 7.87. The van der Waals surface area contributed by atoms with Crippen molar-refractivity contribution in [2.24, 2.45) is 5.14 Å². The van der Waals surface area contributed by atoms with E-state index >= 15 is 0 Å². The van der Waals surface area contributed by atoms with E-state index in [4.69, 9.17) is 5.14 Å². The Kier molecular flexibility index (Phi) is 6.33. The van der Waals surface area contributed by atoms with Crippen LogP contribution in [0.3, 0.4) is 0 Å². The number of methoxy groups -OCH3 is 1. The van der Waals surface area contributed by atoms with E-state index in [1.807, 2.05) is 6.07 Å². The van der Waals surface area contributed by atoms with Crippen molar-refractivity contribution in [3.63, 3.8) is 0 Å². The first-order chi connectivity index (χ1) is 11.8. The van der Waals surface area contributed by atoms with Crippen molar-refractivity contribution in [1.29, 1.82) is 0 Å². The number of nitrogens with two attached hydrogens (primary N) is 1. The smallest absolute Gasteiger partial charge is 0.305 e. The Balaban J connectivity index is 2.06. The Labute approximate surface area is 146 Å². The quantitative estimate of drug-likeness (QED) is 0.565. The zero-order valence-corrected chi connectivity index (χ0v) is 14.9. The number of ether oxygens (including phenoxy) is 1. The third-order valence-corrected chi connectivity index (χ3v) is 4.88. The van der Waals surface area contributed by atoms with Crippen molar-refractivity contribution in [2.45, 2.75) is 38.5 Å². The molecule has 0 aliphatic heterocycles. The Morgan fingerprint density at radius 1 is 1.12 bits per heavy atom. The third-order valence-electron chi connectivity index (χ3n) is 4.00. The Hall–Kier alpha value is -2.19. The molecule has 1 aromatic carbocycles. The predicted molar refractivity (Wildman–Crippen MR) is 95.5 cm³/mol. The summed E-state index contributed by atoms with van der Waals surface area (Å²) in [5, 5.41) is 5.80. The van der Waals surface area contributed by atoms with E-state index in [2.05, 4.69) is 4.74 Å². The number of carbonyl (C=O) groups excluding carboxylic acids is 1. The van der Waals surface area contributed by atoms with Gasteiger partial charge in [-0.2, -0.15) is 12.4 Å². The molecule has 1 aromatic heterocycles. The lowest BCUT2D eigenvalue weighted by molar-refractivity contribution is -0.140. The molecule has 0 amide bonds. The molecule has 0 saturated heterocycles. The fraction of sp³-hybridized carbons (Fsp3) is 0.412. The summed E-state index contributed by atoms with van der Waals surface area (Å²) >= 11 is 0. The first kappa shape index (κ1) is 19.1. The van der Waals surface area contributed by atoms with Crippen LogP contribution in [0.2, 0.25) is 0 Å². The summed E-state index contributed by atoms with van der Waals surface area (Å²) in [6, 6.07) is 8.15. The molecule has 8 heteroatoms. The minimum absolute atomic E-state index is 0.199. The summed E-state index contributed by atoms with van der Waals surface area (Å²) in [6.07, 6.45) is 4.74. The third kappa shape index (κ3) is 5.14. The zero-order valence-electron chi connectivity index (χ0n) is 14.1. The highest BCUT2D eigenvalue weighted by Gasteiger charge is 2.13. The number of hydrogen-bond acceptors (Lipinski definition) is 5. The first-order valence-corrected chi connectivity index (χ1v) is 9.58. The van der Waals surface area contributed by atoms with E-state index in [0.717, 1.165) is 37.7 Å². The number of hydrogen-bond donors (Lipinski definition) is 1. The molecule has 2 aromatic rings. The average molecular weight is 366 g/mol. The molecule has 0 bridgehead atoms. The standard InChI is InChI=1S/C17H22N2O5S/c1-24-17(21)7-5-3-2-4-6-13-8-9-14-10-11-16(20)19(15(14)12-13)25(18,22)23/h8-12H,2-7H2,1H3,(H2,18,22,23). The number of unbranched alkanes of at least 4 members (excludes halogenated alkanes) is 3. The summed E-state index contributed by atoms with van der Waals surface area (Å²) in [4.78, 5) is 22.9. The summed E-state index contributed by atoms with van der Waals surface area (Å²) < 4.78 is 28.6. The summed E-state index contributed by atoms with van der Waals surface area (Å²) in [5.41, 5.74) is 0.552. The van der Waals surface area contributed by atoms with Crippen LogP contribution in [0.4, 0.5) is 0 Å². The van der Waals surface area contributed by atoms with Crippen LogP contribution >= 0.6 is 0 Å². The number of benzene rings is 1. The number of nitrogens with zero attached hydrogens (tertiary/aromatic N) is 1. The van der Waals surface area contributed by atoms with Crippen LogP contribution in [0.5, 0.6) is 0 Å². The van der Waals surface area contributed by atoms with Gasteiger partial charge in [-0.15, -0.1) is 0 Å². The van der Waals surface area contributed by atoms with E-state index < -0.39 is 15.8 Å². The maximum Gasteiger partial charge on any atom is 0.305 e. The van der Waals surface area contributed by atoms with E-state index in [0.29, 0.717) is 15.8 Å². The van der Waals surface area contributed by atoms with Gasteiger partial charge in [-0.05, 0) is 42.3 Å². The van der Waals surface area contributed by atoms with Crippen molar-refractivity contribution < 1.29 is 17.9 Å². The topological polar surface area (TPSA) is 108 Å². The second-order valence-electron chi connectivity index (χ2n) is 5.86. The Morgan fingerprint density at radius 2 is 1.80 bits per heavy atom. The van der Waals surface area contributed by atoms with Crippen molar-refractivity contribution >= 4 is 27.1 Å². The van der Waals surface area contributed by atoms with Gasteiger partial charge in [0, 0.05) is 12.5 Å². The average Bonchev–Trinajstić information content (AvgIpc) is 2.56. The van der Waals surface area contributed by atoms with Gasteiger partial charge >= 0.3 is 16.2 Å². The molecule has 0 saturated carbocycles. The van der Waals surface area contributed by atoms with Crippen molar-refractivity contribution in [1.82, 2.24) is 3.97 Å². The van der Waals surface area contributed by atoms with Gasteiger partial charge in [0.2, 0.25) is 0 Å². The van der Waals surface area contributed by atoms with E-state index in [1.54, 1.807) is 18.2 Å². The molecule has 7 nitrogen and oxygen atoms in total. The largest absolute Gasteiger partial charge is 0.469 e. The normalized spacial score (nSPS) is 11.6. The van der Waals surface area contributed by atoms with Gasteiger partial charge in [-0.3, -0.25) is 9.59 Å². The molecule has 136 valence electrons. The number of aromatic nitrogens is 1. The molecule has 2 rings (SSSR count). The van der Waals surface area contributed by atoms with Crippen molar-refractivity contribution in [2.75, 3.05) is 7.11 Å². The van der Waals surface area contributed by atoms with Crippen molar-refractivity contribution in [3.05, 3.63) is 46.2 Å². The molecule has 0 fully saturated rings. The van der Waals surface area contributed by atoms with Gasteiger partial charge in [0.15, 0.2) is 0 Å². The molecule has 1 heterocycles. The van der Waals surface area contributed by atoms with Crippen LogP contribution < -0.4 is 10.7 Å². The highest BCUT2D eigenvalue weighted by Crippen LogP contribution is 2.17. The van der Waals surface area contributed by atoms with Crippen LogP contribution in [-0.2, 0) is 26.2 Å². The highest BCUT2D eigenvalue weighted by atomic mass is 32.2. The summed E-state index contributed by atoms with van der Waals surface area (Å²) in [5.74, 6) is -0.199. The number of carbonyl (C=O) groups is 1. The minimum Gasteiger partial charge on any atom is -0.469 e. The molecule has 0 unspecified atom stereocenters. The van der Waals surface area contributed by atoms with Crippen LogP contribution in [0, 0.1) is 0 Å². The van der Waals surface area contributed by atoms with Gasteiger partial charge in [0.1, 0.15) is 0 Å². The summed E-state index contributed by atoms with van der Waals surface area (Å²) in [7, 11) is -2.78. The van der Waals surface area contributed by atoms with Gasteiger partial charge in [-0.25, -0.2) is 5.14 Å². The number of rotatable bonds is 8. The molecule has 0 radical (unpaired) electrons. The lowest BCUT2D eigenvalue weighted by Gasteiger charge is -2.09. The number of pyridine rings is 1. The fourth-order valence-electron chi connectivity index (χ4n) is 2.73. The lowest BCUT2D eigenvalue weighted by atomic mass is 10.0. The second-order valence-corrected chi connectivity index (χ2v) is 7.26. The van der Waals surface area contributed by atoms with Crippen LogP contribution in [0.15, 0.2) is 35.1 Å². The maximum atomic E-state index is 11.9. The molecular formula is C17H22N2O5S. The SMILES string of the molecule is COC(=O)CCCCCCc1ccc2ccc(=O)n(S(N)(=O)=O)c2c1. The second kappa shape index (κ2) is 8.26.